The van der Waals surface area contributed by atoms with E-state index >= 15 is 0 Å². The number of rotatable bonds is 9. The van der Waals surface area contributed by atoms with Gasteiger partial charge in [-0.25, -0.2) is 4.99 Å². The first-order valence-electron chi connectivity index (χ1n) is 8.74. The second kappa shape index (κ2) is 10.8. The zero-order valence-electron chi connectivity index (χ0n) is 15.5. The minimum Gasteiger partial charge on any atom is -0.496 e. The number of ether oxygens (including phenoxy) is 2. The molecule has 0 aliphatic rings. The first-order chi connectivity index (χ1) is 12.8. The molecule has 0 spiro atoms. The van der Waals surface area contributed by atoms with Crippen molar-refractivity contribution >= 4 is 5.96 Å². The van der Waals surface area contributed by atoms with E-state index in [1.807, 2.05) is 55.5 Å². The fourth-order valence-electron chi connectivity index (χ4n) is 2.46. The molecule has 0 amide bonds. The lowest BCUT2D eigenvalue weighted by Gasteiger charge is -2.14. The monoisotopic (exact) mass is 353 g/mol. The van der Waals surface area contributed by atoms with Crippen molar-refractivity contribution < 1.29 is 9.47 Å². The average Bonchev–Trinajstić information content (AvgIpc) is 2.69. The zero-order chi connectivity index (χ0) is 18.6. The Morgan fingerprint density at radius 3 is 2.42 bits per heavy atom. The third-order valence-corrected chi connectivity index (χ3v) is 3.72. The van der Waals surface area contributed by atoms with Gasteiger partial charge in [-0.15, -0.1) is 0 Å². The summed E-state index contributed by atoms with van der Waals surface area (Å²) in [7, 11) is 1.67. The van der Waals surface area contributed by atoms with Crippen LogP contribution in [0.5, 0.6) is 11.5 Å². The Morgan fingerprint density at radius 1 is 1.04 bits per heavy atom. The molecule has 0 aliphatic carbocycles. The van der Waals surface area contributed by atoms with E-state index in [1.54, 1.807) is 13.2 Å². The molecule has 0 fully saturated rings. The van der Waals surface area contributed by atoms with Gasteiger partial charge in [0.2, 0.25) is 0 Å². The molecule has 2 N–H and O–H groups in total. The Labute approximate surface area is 155 Å². The summed E-state index contributed by atoms with van der Waals surface area (Å²) in [6.45, 7) is 8.16. The summed E-state index contributed by atoms with van der Waals surface area (Å²) in [6, 6.07) is 15.9. The van der Waals surface area contributed by atoms with Gasteiger partial charge < -0.3 is 20.1 Å². The molecule has 26 heavy (non-hydrogen) atoms. The Bertz CT molecular complexity index is 729. The minimum atomic E-state index is 0.485. The summed E-state index contributed by atoms with van der Waals surface area (Å²) in [5.74, 6) is 2.44. The van der Waals surface area contributed by atoms with Crippen molar-refractivity contribution in [2.24, 2.45) is 4.99 Å². The Hall–Kier alpha value is -2.95. The molecule has 0 saturated heterocycles. The standard InChI is InChI=1S/C21H27N3O2/c1-4-14-26-20-13-9-7-11-18(20)16-24-21(22-5-2)23-15-17-10-6-8-12-19(17)25-3/h4,6-13H,1,5,14-16H2,2-3H3,(H2,22,23,24). The second-order valence-corrected chi connectivity index (χ2v) is 5.57. The smallest absolute Gasteiger partial charge is 0.191 e. The molecule has 5 heteroatoms. The summed E-state index contributed by atoms with van der Waals surface area (Å²) in [5, 5.41) is 6.62. The number of nitrogens with one attached hydrogen (secondary N) is 2. The largest absolute Gasteiger partial charge is 0.496 e. The maximum Gasteiger partial charge on any atom is 0.191 e. The molecular formula is C21H27N3O2. The molecule has 138 valence electrons. The maximum absolute atomic E-state index is 5.70. The number of hydrogen-bond donors (Lipinski definition) is 2. The maximum atomic E-state index is 5.70. The molecule has 0 aromatic heterocycles. The third kappa shape index (κ3) is 5.84. The summed E-state index contributed by atoms with van der Waals surface area (Å²) in [5.41, 5.74) is 2.11. The SMILES string of the molecule is C=CCOc1ccccc1CNC(=NCc1ccccc1OC)NCC. The fraction of sp³-hybridized carbons (Fsp3) is 0.286. The van der Waals surface area contributed by atoms with Gasteiger partial charge in [0, 0.05) is 24.2 Å². The highest BCUT2D eigenvalue weighted by atomic mass is 16.5. The van der Waals surface area contributed by atoms with Crippen molar-refractivity contribution in [1.29, 1.82) is 0 Å². The second-order valence-electron chi connectivity index (χ2n) is 5.57. The molecular weight excluding hydrogens is 326 g/mol. The molecule has 0 unspecified atom stereocenters. The topological polar surface area (TPSA) is 54.9 Å². The van der Waals surface area contributed by atoms with Gasteiger partial charge in [0.15, 0.2) is 5.96 Å². The predicted molar refractivity (Wildman–Crippen MR) is 107 cm³/mol. The molecule has 2 aromatic rings. The van der Waals surface area contributed by atoms with E-state index in [2.05, 4.69) is 22.2 Å². The molecule has 0 heterocycles. The van der Waals surface area contributed by atoms with Crippen molar-refractivity contribution in [3.63, 3.8) is 0 Å². The summed E-state index contributed by atoms with van der Waals surface area (Å²) in [4.78, 5) is 4.66. The third-order valence-electron chi connectivity index (χ3n) is 3.72. The van der Waals surface area contributed by atoms with E-state index in [0.29, 0.717) is 19.7 Å². The van der Waals surface area contributed by atoms with Gasteiger partial charge in [-0.3, -0.25) is 0 Å². The molecule has 0 radical (unpaired) electrons. The van der Waals surface area contributed by atoms with E-state index in [0.717, 1.165) is 35.1 Å². The number of para-hydroxylation sites is 2. The first kappa shape index (κ1) is 19.4. The Morgan fingerprint density at radius 2 is 1.73 bits per heavy atom. The first-order valence-corrected chi connectivity index (χ1v) is 8.74. The van der Waals surface area contributed by atoms with Gasteiger partial charge in [0.25, 0.3) is 0 Å². The van der Waals surface area contributed by atoms with E-state index in [-0.39, 0.29) is 0 Å². The van der Waals surface area contributed by atoms with Crippen LogP contribution < -0.4 is 20.1 Å². The number of hydrogen-bond acceptors (Lipinski definition) is 3. The number of methoxy groups -OCH3 is 1. The molecule has 0 saturated carbocycles. The van der Waals surface area contributed by atoms with Crippen LogP contribution in [0, 0.1) is 0 Å². The molecule has 2 rings (SSSR count). The minimum absolute atomic E-state index is 0.485. The van der Waals surface area contributed by atoms with E-state index < -0.39 is 0 Å². The van der Waals surface area contributed by atoms with Gasteiger partial charge >= 0.3 is 0 Å². The molecule has 0 aliphatic heterocycles. The zero-order valence-corrected chi connectivity index (χ0v) is 15.5. The molecule has 2 aromatic carbocycles. The number of guanidine groups is 1. The van der Waals surface area contributed by atoms with Gasteiger partial charge in [0.05, 0.1) is 13.7 Å². The highest BCUT2D eigenvalue weighted by Gasteiger charge is 2.05. The van der Waals surface area contributed by atoms with E-state index in [4.69, 9.17) is 9.47 Å². The van der Waals surface area contributed by atoms with Gasteiger partial charge in [-0.1, -0.05) is 49.1 Å². The van der Waals surface area contributed by atoms with Crippen LogP contribution in [0.3, 0.4) is 0 Å². The highest BCUT2D eigenvalue weighted by Crippen LogP contribution is 2.19. The van der Waals surface area contributed by atoms with Crippen LogP contribution in [0.2, 0.25) is 0 Å². The molecule has 0 atom stereocenters. The fourth-order valence-corrected chi connectivity index (χ4v) is 2.46. The normalized spacial score (nSPS) is 10.9. The van der Waals surface area contributed by atoms with Crippen LogP contribution in [0.15, 0.2) is 66.2 Å². The van der Waals surface area contributed by atoms with Crippen molar-refractivity contribution in [3.05, 3.63) is 72.3 Å². The lowest BCUT2D eigenvalue weighted by molar-refractivity contribution is 0.358. The van der Waals surface area contributed by atoms with Gasteiger partial charge in [0.1, 0.15) is 18.1 Å². The Kier molecular flexibility index (Phi) is 8.06. The highest BCUT2D eigenvalue weighted by molar-refractivity contribution is 5.79. The van der Waals surface area contributed by atoms with Crippen LogP contribution in [-0.2, 0) is 13.1 Å². The lowest BCUT2D eigenvalue weighted by Crippen LogP contribution is -2.36. The summed E-state index contributed by atoms with van der Waals surface area (Å²) >= 11 is 0. The molecule has 5 nitrogen and oxygen atoms in total. The van der Waals surface area contributed by atoms with Crippen LogP contribution in [0.25, 0.3) is 0 Å². The van der Waals surface area contributed by atoms with Gasteiger partial charge in [-0.05, 0) is 19.1 Å². The lowest BCUT2D eigenvalue weighted by atomic mass is 10.2. The van der Waals surface area contributed by atoms with Crippen molar-refractivity contribution in [2.75, 3.05) is 20.3 Å². The summed E-state index contributed by atoms with van der Waals surface area (Å²) < 4.78 is 11.1. The quantitative estimate of drug-likeness (QED) is 0.411. The number of aliphatic imine (C=N–C) groups is 1. The van der Waals surface area contributed by atoms with Crippen LogP contribution in [-0.4, -0.2) is 26.2 Å². The van der Waals surface area contributed by atoms with Crippen molar-refractivity contribution in [3.8, 4) is 11.5 Å². The van der Waals surface area contributed by atoms with Crippen LogP contribution in [0.4, 0.5) is 0 Å². The summed E-state index contributed by atoms with van der Waals surface area (Å²) in [6.07, 6.45) is 1.74. The van der Waals surface area contributed by atoms with Gasteiger partial charge in [-0.2, -0.15) is 0 Å². The molecule has 0 bridgehead atoms. The van der Waals surface area contributed by atoms with Crippen LogP contribution in [0.1, 0.15) is 18.1 Å². The predicted octanol–water partition coefficient (Wildman–Crippen LogP) is 3.52. The van der Waals surface area contributed by atoms with E-state index in [9.17, 15) is 0 Å². The number of benzene rings is 2. The number of nitrogens with zero attached hydrogens (tertiary/aromatic N) is 1. The van der Waals surface area contributed by atoms with E-state index in [1.165, 1.54) is 0 Å². The average molecular weight is 353 g/mol. The van der Waals surface area contributed by atoms with Crippen molar-refractivity contribution in [2.45, 2.75) is 20.0 Å². The Balaban J connectivity index is 2.05. The van der Waals surface area contributed by atoms with Crippen molar-refractivity contribution in [1.82, 2.24) is 10.6 Å². The van der Waals surface area contributed by atoms with Crippen LogP contribution >= 0.6 is 0 Å².